The van der Waals surface area contributed by atoms with E-state index in [0.717, 1.165) is 29.8 Å². The molecule has 6 nitrogen and oxygen atoms in total. The van der Waals surface area contributed by atoms with Crippen molar-refractivity contribution in [1.29, 1.82) is 0 Å². The van der Waals surface area contributed by atoms with Crippen molar-refractivity contribution in [3.05, 3.63) is 23.8 Å². The summed E-state index contributed by atoms with van der Waals surface area (Å²) in [5, 5.41) is 12.5. The maximum Gasteiger partial charge on any atom is 0.336 e. The minimum atomic E-state index is -1.20. The molecule has 2 aliphatic rings. The third kappa shape index (κ3) is 2.71. The molecule has 1 aromatic carbocycles. The number of amides is 1. The molecule has 1 saturated carbocycles. The molecule has 2 N–H and O–H groups in total. The van der Waals surface area contributed by atoms with Gasteiger partial charge in [0.1, 0.15) is 0 Å². The number of aliphatic hydroxyl groups is 1. The second-order valence-electron chi connectivity index (χ2n) is 5.44. The van der Waals surface area contributed by atoms with Gasteiger partial charge in [-0.05, 0) is 36.6 Å². The number of carbonyl (C=O) groups is 2. The summed E-state index contributed by atoms with van der Waals surface area (Å²) in [7, 11) is 1.24. The van der Waals surface area contributed by atoms with Crippen LogP contribution < -0.4 is 10.2 Å². The highest BCUT2D eigenvalue weighted by Gasteiger charge is 2.38. The number of benzene rings is 1. The lowest BCUT2D eigenvalue weighted by atomic mass is 10.1. The quantitative estimate of drug-likeness (QED) is 0.780. The van der Waals surface area contributed by atoms with E-state index in [1.165, 1.54) is 7.11 Å². The van der Waals surface area contributed by atoms with Crippen LogP contribution >= 0.6 is 0 Å². The Bertz CT molecular complexity index is 583. The molecule has 1 amide bonds. The van der Waals surface area contributed by atoms with Gasteiger partial charge in [-0.3, -0.25) is 4.79 Å². The maximum atomic E-state index is 12.0. The number of esters is 1. The normalized spacial score (nSPS) is 18.4. The first kappa shape index (κ1) is 13.9. The van der Waals surface area contributed by atoms with Crippen molar-refractivity contribution in [2.45, 2.75) is 31.4 Å². The molecule has 0 bridgehead atoms. The molecular weight excluding hydrogens is 272 g/mol. The average Bonchev–Trinajstić information content (AvgIpc) is 3.26. The first-order valence-corrected chi connectivity index (χ1v) is 7.05. The molecule has 1 atom stereocenters. The fraction of sp³-hybridized carbons (Fsp3) is 0.467. The van der Waals surface area contributed by atoms with Crippen LogP contribution in [0.5, 0.6) is 0 Å². The Labute approximate surface area is 122 Å². The molecule has 1 aliphatic carbocycles. The van der Waals surface area contributed by atoms with Crippen molar-refractivity contribution < 1.29 is 19.4 Å². The highest BCUT2D eigenvalue weighted by molar-refractivity contribution is 6.02. The summed E-state index contributed by atoms with van der Waals surface area (Å²) in [4.78, 5) is 25.0. The Kier molecular flexibility index (Phi) is 3.55. The summed E-state index contributed by atoms with van der Waals surface area (Å²) in [5.41, 5.74) is 2.76. The van der Waals surface area contributed by atoms with Crippen LogP contribution in [0.15, 0.2) is 18.2 Å². The van der Waals surface area contributed by atoms with Gasteiger partial charge in [-0.2, -0.15) is 0 Å². The molecule has 1 aromatic rings. The van der Waals surface area contributed by atoms with E-state index in [1.807, 2.05) is 23.1 Å². The van der Waals surface area contributed by atoms with Gasteiger partial charge in [0.05, 0.1) is 20.1 Å². The van der Waals surface area contributed by atoms with E-state index in [9.17, 15) is 14.7 Å². The van der Waals surface area contributed by atoms with E-state index < -0.39 is 12.1 Å². The Balaban J connectivity index is 1.68. The van der Waals surface area contributed by atoms with Gasteiger partial charge < -0.3 is 20.1 Å². The summed E-state index contributed by atoms with van der Waals surface area (Å²) in [6.45, 7) is 0.0751. The molecular formula is C15H18N2O4. The molecule has 0 spiro atoms. The number of anilines is 2. The van der Waals surface area contributed by atoms with Crippen LogP contribution in [0.2, 0.25) is 0 Å². The standard InChI is InChI=1S/C15H18N2O4/c1-21-15(20)13(18)8-16-10-2-5-12-9(6-10)7-14(19)17(12)11-3-4-11/h2,5-6,11,13,16,18H,3-4,7-8H2,1H3. The molecule has 3 rings (SSSR count). The summed E-state index contributed by atoms with van der Waals surface area (Å²) in [5.74, 6) is -0.516. The molecule has 0 radical (unpaired) electrons. The van der Waals surface area contributed by atoms with Crippen molar-refractivity contribution in [2.24, 2.45) is 0 Å². The maximum absolute atomic E-state index is 12.0. The van der Waals surface area contributed by atoms with E-state index in [-0.39, 0.29) is 12.5 Å². The fourth-order valence-electron chi connectivity index (χ4n) is 2.62. The zero-order valence-corrected chi connectivity index (χ0v) is 11.8. The summed E-state index contributed by atoms with van der Waals surface area (Å²) in [6.07, 6.45) is 1.38. The highest BCUT2D eigenvalue weighted by atomic mass is 16.5. The topological polar surface area (TPSA) is 78.9 Å². The lowest BCUT2D eigenvalue weighted by Gasteiger charge is -2.17. The predicted molar refractivity (Wildman–Crippen MR) is 77.2 cm³/mol. The third-order valence-electron chi connectivity index (χ3n) is 3.83. The Hall–Kier alpha value is -2.08. The number of methoxy groups -OCH3 is 1. The van der Waals surface area contributed by atoms with Crippen LogP contribution in [0, 0.1) is 0 Å². The molecule has 21 heavy (non-hydrogen) atoms. The lowest BCUT2D eigenvalue weighted by Crippen LogP contribution is -2.29. The Morgan fingerprint density at radius 3 is 2.95 bits per heavy atom. The van der Waals surface area contributed by atoms with Crippen LogP contribution in [0.3, 0.4) is 0 Å². The number of hydrogen-bond donors (Lipinski definition) is 2. The van der Waals surface area contributed by atoms with E-state index in [0.29, 0.717) is 12.5 Å². The summed E-state index contributed by atoms with van der Waals surface area (Å²) < 4.78 is 4.46. The molecule has 0 saturated heterocycles. The largest absolute Gasteiger partial charge is 0.467 e. The van der Waals surface area contributed by atoms with Crippen molar-refractivity contribution in [3.63, 3.8) is 0 Å². The van der Waals surface area contributed by atoms with E-state index >= 15 is 0 Å². The number of nitrogens with zero attached hydrogens (tertiary/aromatic N) is 1. The lowest BCUT2D eigenvalue weighted by molar-refractivity contribution is -0.149. The van der Waals surface area contributed by atoms with Gasteiger partial charge in [-0.1, -0.05) is 0 Å². The van der Waals surface area contributed by atoms with Crippen LogP contribution in [-0.2, 0) is 20.7 Å². The number of ether oxygens (including phenoxy) is 1. The number of nitrogens with one attached hydrogen (secondary N) is 1. The second-order valence-corrected chi connectivity index (χ2v) is 5.44. The first-order chi connectivity index (χ1) is 10.1. The van der Waals surface area contributed by atoms with Crippen molar-refractivity contribution >= 4 is 23.3 Å². The van der Waals surface area contributed by atoms with Gasteiger partial charge >= 0.3 is 5.97 Å². The minimum absolute atomic E-state index is 0.0751. The summed E-state index contributed by atoms with van der Waals surface area (Å²) >= 11 is 0. The highest BCUT2D eigenvalue weighted by Crippen LogP contribution is 2.39. The SMILES string of the molecule is COC(=O)C(O)CNc1ccc2c(c1)CC(=O)N2C1CC1. The smallest absolute Gasteiger partial charge is 0.336 e. The van der Waals surface area contributed by atoms with Crippen LogP contribution in [0.1, 0.15) is 18.4 Å². The van der Waals surface area contributed by atoms with Crippen molar-refractivity contribution in [2.75, 3.05) is 23.9 Å². The van der Waals surface area contributed by atoms with Gasteiger partial charge in [0, 0.05) is 17.4 Å². The van der Waals surface area contributed by atoms with Crippen LogP contribution in [-0.4, -0.2) is 42.8 Å². The van der Waals surface area contributed by atoms with Gasteiger partial charge in [-0.15, -0.1) is 0 Å². The molecule has 1 fully saturated rings. The first-order valence-electron chi connectivity index (χ1n) is 7.05. The molecule has 1 unspecified atom stereocenters. The number of aliphatic hydroxyl groups excluding tert-OH is 1. The monoisotopic (exact) mass is 290 g/mol. The Morgan fingerprint density at radius 1 is 1.52 bits per heavy atom. The Morgan fingerprint density at radius 2 is 2.29 bits per heavy atom. The van der Waals surface area contributed by atoms with Crippen LogP contribution in [0.4, 0.5) is 11.4 Å². The molecule has 1 heterocycles. The number of rotatable bonds is 5. The van der Waals surface area contributed by atoms with Gasteiger partial charge in [0.2, 0.25) is 5.91 Å². The molecule has 6 heteroatoms. The predicted octanol–water partition coefficient (Wildman–Crippen LogP) is 0.684. The number of hydrogen-bond acceptors (Lipinski definition) is 5. The van der Waals surface area contributed by atoms with Gasteiger partial charge in [0.15, 0.2) is 6.10 Å². The fourth-order valence-corrected chi connectivity index (χ4v) is 2.62. The van der Waals surface area contributed by atoms with E-state index in [1.54, 1.807) is 0 Å². The third-order valence-corrected chi connectivity index (χ3v) is 3.83. The molecule has 0 aromatic heterocycles. The van der Waals surface area contributed by atoms with Gasteiger partial charge in [-0.25, -0.2) is 4.79 Å². The van der Waals surface area contributed by atoms with E-state index in [4.69, 9.17) is 0 Å². The van der Waals surface area contributed by atoms with Gasteiger partial charge in [0.25, 0.3) is 0 Å². The zero-order chi connectivity index (χ0) is 15.0. The summed E-state index contributed by atoms with van der Waals surface area (Å²) in [6, 6.07) is 6.06. The molecule has 112 valence electrons. The number of carbonyl (C=O) groups excluding carboxylic acids is 2. The van der Waals surface area contributed by atoms with E-state index in [2.05, 4.69) is 10.1 Å². The zero-order valence-electron chi connectivity index (χ0n) is 11.8. The second kappa shape index (κ2) is 5.37. The van der Waals surface area contributed by atoms with Crippen LogP contribution in [0.25, 0.3) is 0 Å². The molecule has 1 aliphatic heterocycles. The van der Waals surface area contributed by atoms with Crippen molar-refractivity contribution in [3.8, 4) is 0 Å². The number of fused-ring (bicyclic) bond motifs is 1. The minimum Gasteiger partial charge on any atom is -0.467 e. The van der Waals surface area contributed by atoms with Crippen molar-refractivity contribution in [1.82, 2.24) is 0 Å². The average molecular weight is 290 g/mol.